The van der Waals surface area contributed by atoms with Crippen molar-refractivity contribution in [3.8, 4) is 5.75 Å². The van der Waals surface area contributed by atoms with E-state index in [1.165, 1.54) is 0 Å². The van der Waals surface area contributed by atoms with Gasteiger partial charge in [0.15, 0.2) is 5.69 Å². The van der Waals surface area contributed by atoms with Crippen molar-refractivity contribution in [3.05, 3.63) is 91.5 Å². The van der Waals surface area contributed by atoms with Gasteiger partial charge in [-0.25, -0.2) is 0 Å². The van der Waals surface area contributed by atoms with Crippen molar-refractivity contribution in [2.75, 3.05) is 5.32 Å². The fraction of sp³-hybridized carbons (Fsp3) is 0.269. The number of halogens is 2. The Balaban J connectivity index is 1.52. The molecule has 9 heteroatoms. The van der Waals surface area contributed by atoms with Crippen molar-refractivity contribution in [2.24, 2.45) is 0 Å². The lowest BCUT2D eigenvalue weighted by molar-refractivity contribution is 0.101. The Morgan fingerprint density at radius 2 is 1.86 bits per heavy atom. The quantitative estimate of drug-likeness (QED) is 0.301. The third kappa shape index (κ3) is 5.36. The van der Waals surface area contributed by atoms with Crippen molar-refractivity contribution in [1.29, 1.82) is 0 Å². The molecule has 4 rings (SSSR count). The SMILES string of the molecule is Cc1ccc(OCc2c(C(=O)Nc3c(C)nn(Cc4ccc(Cl)cc4Cl)c3C)noc2C)c(C)c1. The van der Waals surface area contributed by atoms with Crippen LogP contribution in [0.2, 0.25) is 10.0 Å². The Labute approximate surface area is 214 Å². The Morgan fingerprint density at radius 3 is 2.57 bits per heavy atom. The second-order valence-electron chi connectivity index (χ2n) is 8.52. The third-order valence-corrected chi connectivity index (χ3v) is 6.44. The molecule has 0 saturated heterocycles. The normalized spacial score (nSPS) is 11.1. The van der Waals surface area contributed by atoms with Crippen LogP contribution in [0.15, 0.2) is 40.9 Å². The van der Waals surface area contributed by atoms with E-state index in [1.807, 2.05) is 52.0 Å². The highest BCUT2D eigenvalue weighted by molar-refractivity contribution is 6.35. The summed E-state index contributed by atoms with van der Waals surface area (Å²) in [4.78, 5) is 13.2. The predicted octanol–water partition coefficient (Wildman–Crippen LogP) is 6.60. The summed E-state index contributed by atoms with van der Waals surface area (Å²) in [6.07, 6.45) is 0. The molecule has 1 amide bonds. The molecule has 2 aromatic carbocycles. The highest BCUT2D eigenvalue weighted by Gasteiger charge is 2.23. The van der Waals surface area contributed by atoms with E-state index in [-0.39, 0.29) is 12.3 Å². The topological polar surface area (TPSA) is 82.2 Å². The number of nitrogens with one attached hydrogen (secondary N) is 1. The third-order valence-electron chi connectivity index (χ3n) is 5.86. The van der Waals surface area contributed by atoms with E-state index < -0.39 is 5.91 Å². The summed E-state index contributed by atoms with van der Waals surface area (Å²) in [6, 6.07) is 11.3. The van der Waals surface area contributed by atoms with E-state index in [0.717, 1.165) is 28.1 Å². The van der Waals surface area contributed by atoms with Crippen LogP contribution in [-0.2, 0) is 13.2 Å². The van der Waals surface area contributed by atoms with Gasteiger partial charge in [0.1, 0.15) is 18.1 Å². The van der Waals surface area contributed by atoms with Gasteiger partial charge in [-0.3, -0.25) is 9.48 Å². The van der Waals surface area contributed by atoms with Crippen molar-refractivity contribution in [3.63, 3.8) is 0 Å². The number of aromatic nitrogens is 3. The number of carbonyl (C=O) groups is 1. The molecule has 2 aromatic heterocycles. The number of carbonyl (C=O) groups excluding carboxylic acids is 1. The van der Waals surface area contributed by atoms with Crippen LogP contribution in [0.3, 0.4) is 0 Å². The van der Waals surface area contributed by atoms with Gasteiger partial charge in [-0.1, -0.05) is 52.1 Å². The first-order valence-corrected chi connectivity index (χ1v) is 11.8. The van der Waals surface area contributed by atoms with Gasteiger partial charge in [-0.2, -0.15) is 5.10 Å². The summed E-state index contributed by atoms with van der Waals surface area (Å²) in [6.45, 7) is 10.1. The van der Waals surface area contributed by atoms with E-state index in [2.05, 4.69) is 15.6 Å². The zero-order valence-electron chi connectivity index (χ0n) is 20.2. The van der Waals surface area contributed by atoms with Crippen molar-refractivity contribution in [2.45, 2.75) is 47.8 Å². The van der Waals surface area contributed by atoms with Crippen molar-refractivity contribution < 1.29 is 14.1 Å². The fourth-order valence-electron chi connectivity index (χ4n) is 3.87. The summed E-state index contributed by atoms with van der Waals surface area (Å²) in [7, 11) is 0. The molecule has 0 aliphatic heterocycles. The molecule has 35 heavy (non-hydrogen) atoms. The van der Waals surface area contributed by atoms with Gasteiger partial charge < -0.3 is 14.6 Å². The minimum atomic E-state index is -0.392. The first kappa shape index (κ1) is 24.8. The van der Waals surface area contributed by atoms with Gasteiger partial charge in [0.2, 0.25) is 0 Å². The zero-order valence-corrected chi connectivity index (χ0v) is 21.7. The highest BCUT2D eigenvalue weighted by atomic mass is 35.5. The Bertz CT molecular complexity index is 1410. The molecule has 0 atom stereocenters. The Morgan fingerprint density at radius 1 is 1.09 bits per heavy atom. The lowest BCUT2D eigenvalue weighted by Crippen LogP contribution is -2.16. The number of anilines is 1. The molecule has 1 N–H and O–H groups in total. The van der Waals surface area contributed by atoms with E-state index >= 15 is 0 Å². The molecule has 0 aliphatic carbocycles. The second-order valence-corrected chi connectivity index (χ2v) is 9.36. The van der Waals surface area contributed by atoms with Crippen LogP contribution in [0, 0.1) is 34.6 Å². The smallest absolute Gasteiger partial charge is 0.278 e. The number of hydrogen-bond acceptors (Lipinski definition) is 5. The van der Waals surface area contributed by atoms with E-state index in [0.29, 0.717) is 39.3 Å². The standard InChI is InChI=1S/C26H26Cl2N4O3/c1-14-6-9-23(15(2)10-14)34-13-21-18(5)35-31-25(21)26(33)29-24-16(3)30-32(17(24)4)12-19-7-8-20(27)11-22(19)28/h6-11H,12-13H2,1-5H3,(H,29,33). The van der Waals surface area contributed by atoms with Crippen molar-refractivity contribution in [1.82, 2.24) is 14.9 Å². The number of rotatable bonds is 7. The number of benzene rings is 2. The van der Waals surface area contributed by atoms with Gasteiger partial charge in [0.25, 0.3) is 5.91 Å². The van der Waals surface area contributed by atoms with Gasteiger partial charge in [-0.15, -0.1) is 0 Å². The van der Waals surface area contributed by atoms with Crippen LogP contribution in [0.1, 0.15) is 49.9 Å². The summed E-state index contributed by atoms with van der Waals surface area (Å²) < 4.78 is 13.1. The summed E-state index contributed by atoms with van der Waals surface area (Å²) >= 11 is 12.3. The van der Waals surface area contributed by atoms with Crippen LogP contribution in [0.5, 0.6) is 5.75 Å². The molecule has 0 bridgehead atoms. The molecule has 2 heterocycles. The maximum atomic E-state index is 13.2. The highest BCUT2D eigenvalue weighted by Crippen LogP contribution is 2.27. The number of aryl methyl sites for hydroxylation is 4. The van der Waals surface area contributed by atoms with Crippen molar-refractivity contribution >= 4 is 34.8 Å². The molecule has 0 aliphatic rings. The molecule has 182 valence electrons. The average molecular weight is 513 g/mol. The molecule has 0 saturated carbocycles. The minimum absolute atomic E-state index is 0.161. The molecular formula is C26H26Cl2N4O3. The van der Waals surface area contributed by atoms with Gasteiger partial charge in [0.05, 0.1) is 29.2 Å². The fourth-order valence-corrected chi connectivity index (χ4v) is 4.33. The first-order valence-electron chi connectivity index (χ1n) is 11.1. The van der Waals surface area contributed by atoms with E-state index in [9.17, 15) is 4.79 Å². The molecule has 0 radical (unpaired) electrons. The Hall–Kier alpha value is -3.29. The number of ether oxygens (including phenoxy) is 1. The molecule has 0 fully saturated rings. The number of amides is 1. The molecular weight excluding hydrogens is 487 g/mol. The van der Waals surface area contributed by atoms with Crippen LogP contribution in [0.4, 0.5) is 5.69 Å². The van der Waals surface area contributed by atoms with Crippen LogP contribution < -0.4 is 10.1 Å². The summed E-state index contributed by atoms with van der Waals surface area (Å²) in [5.41, 5.74) is 5.90. The number of hydrogen-bond donors (Lipinski definition) is 1. The van der Waals surface area contributed by atoms with Gasteiger partial charge in [0, 0.05) is 10.0 Å². The lowest BCUT2D eigenvalue weighted by Gasteiger charge is -2.10. The second kappa shape index (κ2) is 10.1. The largest absolute Gasteiger partial charge is 0.488 e. The maximum Gasteiger partial charge on any atom is 0.278 e. The first-order chi connectivity index (χ1) is 16.6. The summed E-state index contributed by atoms with van der Waals surface area (Å²) in [5.74, 6) is 0.883. The molecule has 0 spiro atoms. The minimum Gasteiger partial charge on any atom is -0.488 e. The lowest BCUT2D eigenvalue weighted by atomic mass is 10.1. The maximum absolute atomic E-state index is 13.2. The van der Waals surface area contributed by atoms with E-state index in [1.54, 1.807) is 23.7 Å². The van der Waals surface area contributed by atoms with Gasteiger partial charge >= 0.3 is 0 Å². The zero-order chi connectivity index (χ0) is 25.3. The Kier molecular flexibility index (Phi) is 7.19. The van der Waals surface area contributed by atoms with Crippen LogP contribution >= 0.6 is 23.2 Å². The molecule has 0 unspecified atom stereocenters. The number of nitrogens with zero attached hydrogens (tertiary/aromatic N) is 3. The van der Waals surface area contributed by atoms with Crippen LogP contribution in [0.25, 0.3) is 0 Å². The summed E-state index contributed by atoms with van der Waals surface area (Å²) in [5, 5.41) is 12.6. The molecule has 4 aromatic rings. The van der Waals surface area contributed by atoms with E-state index in [4.69, 9.17) is 32.5 Å². The monoisotopic (exact) mass is 512 g/mol. The van der Waals surface area contributed by atoms with Crippen LogP contribution in [-0.4, -0.2) is 20.8 Å². The molecule has 7 nitrogen and oxygen atoms in total. The average Bonchev–Trinajstić information content (AvgIpc) is 3.29. The van der Waals surface area contributed by atoms with Gasteiger partial charge in [-0.05, 0) is 63.9 Å². The predicted molar refractivity (Wildman–Crippen MR) is 137 cm³/mol.